The normalized spacial score (nSPS) is 10.2. The Balaban J connectivity index is 2.60. The molecule has 0 unspecified atom stereocenters. The molecule has 0 heterocycles. The number of nitrogen functional groups attached to an aromatic ring is 2. The Morgan fingerprint density at radius 1 is 0.800 bits per heavy atom. The quantitative estimate of drug-likeness (QED) is 0.698. The van der Waals surface area contributed by atoms with Crippen LogP contribution >= 0.6 is 0 Å². The van der Waals surface area contributed by atoms with E-state index in [1.54, 1.807) is 12.1 Å². The molecule has 2 aromatic carbocycles. The second-order valence-corrected chi connectivity index (χ2v) is 3.32. The average Bonchev–Trinajstić information content (AvgIpc) is 2.20. The number of anilines is 2. The predicted molar refractivity (Wildman–Crippen MR) is 60.7 cm³/mol. The summed E-state index contributed by atoms with van der Waals surface area (Å²) in [6.07, 6.45) is 0. The van der Waals surface area contributed by atoms with Crippen molar-refractivity contribution >= 4 is 11.4 Å². The molecule has 0 atom stereocenters. The summed E-state index contributed by atoms with van der Waals surface area (Å²) in [6.45, 7) is 0. The Hall–Kier alpha value is -2.03. The van der Waals surface area contributed by atoms with Crippen LogP contribution in [0.15, 0.2) is 42.5 Å². The zero-order valence-corrected chi connectivity index (χ0v) is 8.07. The van der Waals surface area contributed by atoms with E-state index in [9.17, 15) is 4.39 Å². The molecule has 0 aromatic heterocycles. The van der Waals surface area contributed by atoms with Crippen molar-refractivity contribution in [3.05, 3.63) is 48.3 Å². The third kappa shape index (κ3) is 1.76. The van der Waals surface area contributed by atoms with Crippen molar-refractivity contribution < 1.29 is 4.39 Å². The summed E-state index contributed by atoms with van der Waals surface area (Å²) in [5, 5.41) is 0. The number of hydrogen-bond acceptors (Lipinski definition) is 2. The topological polar surface area (TPSA) is 52.0 Å². The van der Waals surface area contributed by atoms with Crippen molar-refractivity contribution in [3.63, 3.8) is 0 Å². The Kier molecular flexibility index (Phi) is 2.29. The standard InChI is InChI=1S/C12H11FN2/c13-8-5-6-10(12(15)7-8)9-3-1-2-4-11(9)14/h1-7H,14-15H2. The first kappa shape index (κ1) is 9.52. The van der Waals surface area contributed by atoms with Gasteiger partial charge in [-0.05, 0) is 24.3 Å². The third-order valence-corrected chi connectivity index (χ3v) is 2.26. The lowest BCUT2D eigenvalue weighted by molar-refractivity contribution is 0.628. The molecule has 76 valence electrons. The van der Waals surface area contributed by atoms with Crippen LogP contribution in [0.2, 0.25) is 0 Å². The zero-order chi connectivity index (χ0) is 10.8. The van der Waals surface area contributed by atoms with Gasteiger partial charge in [0.25, 0.3) is 0 Å². The fraction of sp³-hybridized carbons (Fsp3) is 0. The second kappa shape index (κ2) is 3.61. The molecule has 2 aromatic rings. The zero-order valence-electron chi connectivity index (χ0n) is 8.07. The van der Waals surface area contributed by atoms with Gasteiger partial charge in [-0.25, -0.2) is 4.39 Å². The average molecular weight is 202 g/mol. The SMILES string of the molecule is Nc1ccccc1-c1ccc(F)cc1N. The van der Waals surface area contributed by atoms with Gasteiger partial charge in [0, 0.05) is 22.5 Å². The molecule has 3 heteroatoms. The third-order valence-electron chi connectivity index (χ3n) is 2.26. The highest BCUT2D eigenvalue weighted by Gasteiger charge is 2.05. The maximum absolute atomic E-state index is 12.9. The number of para-hydroxylation sites is 1. The molecule has 0 radical (unpaired) electrons. The fourth-order valence-corrected chi connectivity index (χ4v) is 1.52. The first-order chi connectivity index (χ1) is 7.18. The Bertz CT molecular complexity index is 495. The molecule has 0 amide bonds. The predicted octanol–water partition coefficient (Wildman–Crippen LogP) is 2.66. The molecule has 0 aliphatic heterocycles. The van der Waals surface area contributed by atoms with Crippen LogP contribution in [-0.2, 0) is 0 Å². The summed E-state index contributed by atoms with van der Waals surface area (Å²) in [6, 6.07) is 11.7. The van der Waals surface area contributed by atoms with E-state index in [1.165, 1.54) is 12.1 Å². The molecule has 0 saturated carbocycles. The highest BCUT2D eigenvalue weighted by atomic mass is 19.1. The first-order valence-corrected chi connectivity index (χ1v) is 4.58. The lowest BCUT2D eigenvalue weighted by Gasteiger charge is -2.08. The van der Waals surface area contributed by atoms with Crippen molar-refractivity contribution in [3.8, 4) is 11.1 Å². The number of halogens is 1. The van der Waals surface area contributed by atoms with Crippen molar-refractivity contribution in [2.24, 2.45) is 0 Å². The molecule has 0 aliphatic carbocycles. The lowest BCUT2D eigenvalue weighted by atomic mass is 10.0. The number of rotatable bonds is 1. The van der Waals surface area contributed by atoms with Crippen LogP contribution in [0.25, 0.3) is 11.1 Å². The van der Waals surface area contributed by atoms with E-state index in [-0.39, 0.29) is 5.82 Å². The van der Waals surface area contributed by atoms with Gasteiger partial charge in [-0.15, -0.1) is 0 Å². The molecule has 0 saturated heterocycles. The summed E-state index contributed by atoms with van der Waals surface area (Å²) < 4.78 is 12.9. The molecule has 0 fully saturated rings. The Labute approximate surface area is 87.3 Å². The van der Waals surface area contributed by atoms with Gasteiger partial charge in [-0.1, -0.05) is 18.2 Å². The smallest absolute Gasteiger partial charge is 0.125 e. The highest BCUT2D eigenvalue weighted by molar-refractivity contribution is 5.83. The van der Waals surface area contributed by atoms with Crippen LogP contribution in [0, 0.1) is 5.82 Å². The Morgan fingerprint density at radius 3 is 2.13 bits per heavy atom. The summed E-state index contributed by atoms with van der Waals surface area (Å²) in [5.41, 5.74) is 14.2. The van der Waals surface area contributed by atoms with Crippen LogP contribution in [0.3, 0.4) is 0 Å². The fourth-order valence-electron chi connectivity index (χ4n) is 1.52. The second-order valence-electron chi connectivity index (χ2n) is 3.32. The molecule has 0 aliphatic rings. The van der Waals surface area contributed by atoms with Crippen LogP contribution < -0.4 is 11.5 Å². The Morgan fingerprint density at radius 2 is 1.47 bits per heavy atom. The lowest BCUT2D eigenvalue weighted by Crippen LogP contribution is -1.94. The van der Waals surface area contributed by atoms with Gasteiger partial charge in [-0.3, -0.25) is 0 Å². The summed E-state index contributed by atoms with van der Waals surface area (Å²) in [5.74, 6) is -0.342. The molecule has 2 nitrogen and oxygen atoms in total. The van der Waals surface area contributed by atoms with E-state index in [4.69, 9.17) is 11.5 Å². The van der Waals surface area contributed by atoms with E-state index in [1.807, 2.05) is 18.2 Å². The molecule has 0 bridgehead atoms. The van der Waals surface area contributed by atoms with E-state index in [2.05, 4.69) is 0 Å². The van der Waals surface area contributed by atoms with Gasteiger partial charge >= 0.3 is 0 Å². The van der Waals surface area contributed by atoms with Crippen molar-refractivity contribution in [1.82, 2.24) is 0 Å². The minimum atomic E-state index is -0.342. The van der Waals surface area contributed by atoms with Crippen molar-refractivity contribution in [1.29, 1.82) is 0 Å². The molecule has 4 N–H and O–H groups in total. The van der Waals surface area contributed by atoms with Gasteiger partial charge in [0.15, 0.2) is 0 Å². The number of benzene rings is 2. The monoisotopic (exact) mass is 202 g/mol. The number of nitrogens with two attached hydrogens (primary N) is 2. The first-order valence-electron chi connectivity index (χ1n) is 4.58. The van der Waals surface area contributed by atoms with Gasteiger partial charge in [0.2, 0.25) is 0 Å². The maximum atomic E-state index is 12.9. The molecular weight excluding hydrogens is 191 g/mol. The van der Waals surface area contributed by atoms with Gasteiger partial charge in [0.1, 0.15) is 5.82 Å². The summed E-state index contributed by atoms with van der Waals surface area (Å²) in [4.78, 5) is 0. The van der Waals surface area contributed by atoms with Crippen molar-refractivity contribution in [2.45, 2.75) is 0 Å². The highest BCUT2D eigenvalue weighted by Crippen LogP contribution is 2.30. The maximum Gasteiger partial charge on any atom is 0.125 e. The van der Waals surface area contributed by atoms with Gasteiger partial charge < -0.3 is 11.5 Å². The summed E-state index contributed by atoms with van der Waals surface area (Å²) in [7, 11) is 0. The van der Waals surface area contributed by atoms with E-state index in [0.717, 1.165) is 11.1 Å². The van der Waals surface area contributed by atoms with Gasteiger partial charge in [0.05, 0.1) is 0 Å². The van der Waals surface area contributed by atoms with Crippen LogP contribution in [-0.4, -0.2) is 0 Å². The van der Waals surface area contributed by atoms with E-state index < -0.39 is 0 Å². The largest absolute Gasteiger partial charge is 0.398 e. The van der Waals surface area contributed by atoms with Crippen LogP contribution in [0.1, 0.15) is 0 Å². The minimum absolute atomic E-state index is 0.342. The van der Waals surface area contributed by atoms with Crippen LogP contribution in [0.5, 0.6) is 0 Å². The molecule has 2 rings (SSSR count). The molecule has 0 spiro atoms. The van der Waals surface area contributed by atoms with Gasteiger partial charge in [-0.2, -0.15) is 0 Å². The van der Waals surface area contributed by atoms with E-state index >= 15 is 0 Å². The van der Waals surface area contributed by atoms with Crippen LogP contribution in [0.4, 0.5) is 15.8 Å². The molecule has 15 heavy (non-hydrogen) atoms. The molecular formula is C12H11FN2. The van der Waals surface area contributed by atoms with Crippen molar-refractivity contribution in [2.75, 3.05) is 11.5 Å². The summed E-state index contributed by atoms with van der Waals surface area (Å²) >= 11 is 0. The number of hydrogen-bond donors (Lipinski definition) is 2. The van der Waals surface area contributed by atoms with E-state index in [0.29, 0.717) is 11.4 Å². The minimum Gasteiger partial charge on any atom is -0.398 e.